The number of benzene rings is 2. The highest BCUT2D eigenvalue weighted by Gasteiger charge is 2.26. The molecule has 1 aliphatic rings. The highest BCUT2D eigenvalue weighted by atomic mass is 16.6. The summed E-state index contributed by atoms with van der Waals surface area (Å²) in [6.07, 6.45) is 5.37. The van der Waals surface area contributed by atoms with Crippen LogP contribution in [0.1, 0.15) is 52.8 Å². The van der Waals surface area contributed by atoms with Crippen molar-refractivity contribution in [3.63, 3.8) is 0 Å². The molecule has 2 amide bonds. The molecule has 0 bridgehead atoms. The number of anilines is 1. The topological polar surface area (TPSA) is 92.6 Å². The quantitative estimate of drug-likeness (QED) is 0.619. The van der Waals surface area contributed by atoms with Gasteiger partial charge in [-0.05, 0) is 31.0 Å². The van der Waals surface area contributed by atoms with Crippen LogP contribution in [0, 0.1) is 10.1 Å². The van der Waals surface area contributed by atoms with Gasteiger partial charge >= 0.3 is 0 Å². The summed E-state index contributed by atoms with van der Waals surface area (Å²) >= 11 is 0. The second-order valence-electron chi connectivity index (χ2n) is 6.98. The Morgan fingerprint density at radius 3 is 2.29 bits per heavy atom. The van der Waals surface area contributed by atoms with Crippen LogP contribution < -0.4 is 5.32 Å². The van der Waals surface area contributed by atoms with Crippen LogP contribution in [0.4, 0.5) is 11.4 Å². The Morgan fingerprint density at radius 1 is 1.00 bits per heavy atom. The van der Waals surface area contributed by atoms with E-state index in [-0.39, 0.29) is 23.2 Å². The fraction of sp³-hybridized carbons (Fsp3) is 0.333. The standard InChI is InChI=1S/C21H23N3O4/c1-23(15-9-3-2-4-10-15)21(26)16-11-5-7-13-18(16)22-20(25)17-12-6-8-14-19(17)24(27)28/h5-8,11-15H,2-4,9-10H2,1H3,(H,22,25). The zero-order valence-electron chi connectivity index (χ0n) is 15.8. The van der Waals surface area contributed by atoms with Gasteiger partial charge in [-0.1, -0.05) is 43.5 Å². The highest BCUT2D eigenvalue weighted by molar-refractivity contribution is 6.10. The third kappa shape index (κ3) is 4.19. The molecule has 0 saturated heterocycles. The van der Waals surface area contributed by atoms with Crippen molar-refractivity contribution >= 4 is 23.2 Å². The number of hydrogen-bond acceptors (Lipinski definition) is 4. The molecule has 2 aromatic rings. The Morgan fingerprint density at radius 2 is 1.61 bits per heavy atom. The number of nitro benzene ring substituents is 1. The van der Waals surface area contributed by atoms with E-state index in [1.807, 2.05) is 0 Å². The van der Waals surface area contributed by atoms with Gasteiger partial charge in [0.05, 0.1) is 16.2 Å². The molecular formula is C21H23N3O4. The predicted molar refractivity (Wildman–Crippen MR) is 106 cm³/mol. The zero-order chi connectivity index (χ0) is 20.1. The fourth-order valence-electron chi connectivity index (χ4n) is 3.62. The number of rotatable bonds is 5. The first-order valence-corrected chi connectivity index (χ1v) is 9.40. The lowest BCUT2D eigenvalue weighted by atomic mass is 9.94. The molecule has 28 heavy (non-hydrogen) atoms. The SMILES string of the molecule is CN(C(=O)c1ccccc1NC(=O)c1ccccc1[N+](=O)[O-])C1CCCCC1. The molecule has 2 aromatic carbocycles. The smallest absolute Gasteiger partial charge is 0.282 e. The number of carbonyl (C=O) groups excluding carboxylic acids is 2. The molecule has 1 fully saturated rings. The van der Waals surface area contributed by atoms with Gasteiger partial charge in [0.25, 0.3) is 17.5 Å². The zero-order valence-corrected chi connectivity index (χ0v) is 15.8. The minimum atomic E-state index is -0.618. The summed E-state index contributed by atoms with van der Waals surface area (Å²) in [5, 5.41) is 13.9. The van der Waals surface area contributed by atoms with E-state index in [1.165, 1.54) is 24.6 Å². The lowest BCUT2D eigenvalue weighted by Gasteiger charge is -2.31. The van der Waals surface area contributed by atoms with Gasteiger partial charge in [0.15, 0.2) is 0 Å². The second kappa shape index (κ2) is 8.65. The molecule has 7 nitrogen and oxygen atoms in total. The van der Waals surface area contributed by atoms with Crippen LogP contribution in [0.25, 0.3) is 0 Å². The van der Waals surface area contributed by atoms with Gasteiger partial charge in [-0.15, -0.1) is 0 Å². The molecule has 0 aromatic heterocycles. The highest BCUT2D eigenvalue weighted by Crippen LogP contribution is 2.26. The molecule has 0 spiro atoms. The minimum absolute atomic E-state index is 0.0459. The average molecular weight is 381 g/mol. The van der Waals surface area contributed by atoms with Gasteiger partial charge in [-0.25, -0.2) is 0 Å². The van der Waals surface area contributed by atoms with Crippen molar-refractivity contribution in [1.82, 2.24) is 4.90 Å². The van der Waals surface area contributed by atoms with E-state index in [2.05, 4.69) is 5.32 Å². The van der Waals surface area contributed by atoms with E-state index in [9.17, 15) is 19.7 Å². The second-order valence-corrected chi connectivity index (χ2v) is 6.98. The summed E-state index contributed by atoms with van der Waals surface area (Å²) in [6, 6.07) is 12.7. The number of carbonyl (C=O) groups is 2. The minimum Gasteiger partial charge on any atom is -0.339 e. The van der Waals surface area contributed by atoms with Gasteiger partial charge in [0.2, 0.25) is 0 Å². The van der Waals surface area contributed by atoms with E-state index in [0.717, 1.165) is 25.7 Å². The van der Waals surface area contributed by atoms with Crippen LogP contribution in [0.2, 0.25) is 0 Å². The molecular weight excluding hydrogens is 358 g/mol. The van der Waals surface area contributed by atoms with Crippen LogP contribution in [0.5, 0.6) is 0 Å². The van der Waals surface area contributed by atoms with Crippen molar-refractivity contribution in [2.24, 2.45) is 0 Å². The summed E-state index contributed by atoms with van der Waals surface area (Å²) < 4.78 is 0. The number of hydrogen-bond donors (Lipinski definition) is 1. The number of nitro groups is 1. The molecule has 1 saturated carbocycles. The Labute approximate surface area is 163 Å². The molecule has 146 valence electrons. The summed E-state index contributed by atoms with van der Waals surface area (Å²) in [6.45, 7) is 0. The summed E-state index contributed by atoms with van der Waals surface area (Å²) in [5.74, 6) is -0.779. The van der Waals surface area contributed by atoms with Crippen LogP contribution in [0.15, 0.2) is 48.5 Å². The lowest BCUT2D eigenvalue weighted by molar-refractivity contribution is -0.385. The molecule has 0 heterocycles. The molecule has 0 unspecified atom stereocenters. The predicted octanol–water partition coefficient (Wildman–Crippen LogP) is 4.25. The number of amides is 2. The number of nitrogens with zero attached hydrogens (tertiary/aromatic N) is 2. The Bertz CT molecular complexity index is 891. The first kappa shape index (κ1) is 19.5. The first-order chi connectivity index (χ1) is 13.5. The van der Waals surface area contributed by atoms with Crippen molar-refractivity contribution < 1.29 is 14.5 Å². The van der Waals surface area contributed by atoms with Gasteiger partial charge in [0, 0.05) is 19.2 Å². The lowest BCUT2D eigenvalue weighted by Crippen LogP contribution is -2.38. The first-order valence-electron chi connectivity index (χ1n) is 9.40. The van der Waals surface area contributed by atoms with E-state index in [0.29, 0.717) is 11.3 Å². The van der Waals surface area contributed by atoms with Gasteiger partial charge in [-0.3, -0.25) is 19.7 Å². The Hall–Kier alpha value is -3.22. The van der Waals surface area contributed by atoms with Crippen molar-refractivity contribution in [1.29, 1.82) is 0 Å². The van der Waals surface area contributed by atoms with Crippen molar-refractivity contribution in [3.8, 4) is 0 Å². The van der Waals surface area contributed by atoms with Crippen LogP contribution in [-0.4, -0.2) is 34.7 Å². The molecule has 0 atom stereocenters. The summed E-state index contributed by atoms with van der Waals surface area (Å²) in [5.41, 5.74) is 0.402. The summed E-state index contributed by atoms with van der Waals surface area (Å²) in [4.78, 5) is 38.0. The van der Waals surface area contributed by atoms with E-state index in [4.69, 9.17) is 0 Å². The maximum absolute atomic E-state index is 13.0. The van der Waals surface area contributed by atoms with E-state index in [1.54, 1.807) is 42.3 Å². The van der Waals surface area contributed by atoms with Crippen molar-refractivity contribution in [3.05, 3.63) is 69.8 Å². The average Bonchev–Trinajstić information content (AvgIpc) is 2.73. The van der Waals surface area contributed by atoms with Gasteiger partial charge in [-0.2, -0.15) is 0 Å². The molecule has 1 N–H and O–H groups in total. The van der Waals surface area contributed by atoms with Crippen molar-refractivity contribution in [2.45, 2.75) is 38.1 Å². The molecule has 3 rings (SSSR count). The third-order valence-electron chi connectivity index (χ3n) is 5.19. The third-order valence-corrected chi connectivity index (χ3v) is 5.19. The molecule has 7 heteroatoms. The molecule has 0 radical (unpaired) electrons. The Kier molecular flexibility index (Phi) is 6.03. The van der Waals surface area contributed by atoms with E-state index >= 15 is 0 Å². The normalized spacial score (nSPS) is 14.3. The van der Waals surface area contributed by atoms with Crippen molar-refractivity contribution in [2.75, 3.05) is 12.4 Å². The van der Waals surface area contributed by atoms with E-state index < -0.39 is 10.8 Å². The van der Waals surface area contributed by atoms with Crippen LogP contribution in [-0.2, 0) is 0 Å². The van der Waals surface area contributed by atoms with Gasteiger partial charge in [0.1, 0.15) is 5.56 Å². The molecule has 0 aliphatic heterocycles. The summed E-state index contributed by atoms with van der Waals surface area (Å²) in [7, 11) is 1.79. The van der Waals surface area contributed by atoms with Crippen LogP contribution in [0.3, 0.4) is 0 Å². The maximum atomic E-state index is 13.0. The monoisotopic (exact) mass is 381 g/mol. The van der Waals surface area contributed by atoms with Crippen LogP contribution >= 0.6 is 0 Å². The fourth-order valence-corrected chi connectivity index (χ4v) is 3.62. The largest absolute Gasteiger partial charge is 0.339 e. The maximum Gasteiger partial charge on any atom is 0.282 e. The Balaban J connectivity index is 1.83. The van der Waals surface area contributed by atoms with Gasteiger partial charge < -0.3 is 10.2 Å². The number of para-hydroxylation sites is 2. The number of nitrogens with one attached hydrogen (secondary N) is 1. The molecule has 1 aliphatic carbocycles.